The molecule has 3 saturated heterocycles. The number of nitrogens with zero attached hydrogens (tertiary/aromatic N) is 6. The van der Waals surface area contributed by atoms with Crippen LogP contribution in [0.4, 0.5) is 5.82 Å². The Balaban J connectivity index is 1.30. The summed E-state index contributed by atoms with van der Waals surface area (Å²) in [6.45, 7) is 3.33. The molecular weight excluding hydrogens is 458 g/mol. The molecule has 3 aliphatic rings. The van der Waals surface area contributed by atoms with Crippen LogP contribution in [0, 0.1) is 0 Å². The lowest BCUT2D eigenvalue weighted by Gasteiger charge is -2.56. The minimum atomic E-state index is 0.452. The van der Waals surface area contributed by atoms with E-state index in [1.165, 1.54) is 25.1 Å². The number of pyridine rings is 2. The van der Waals surface area contributed by atoms with Crippen LogP contribution in [0.2, 0.25) is 0 Å². The summed E-state index contributed by atoms with van der Waals surface area (Å²) >= 11 is 0. The lowest BCUT2D eigenvalue weighted by molar-refractivity contribution is -0.0668. The molecule has 7 heteroatoms. The summed E-state index contributed by atoms with van der Waals surface area (Å²) in [5.41, 5.74) is 13.0. The Morgan fingerprint density at radius 1 is 0.865 bits per heavy atom. The van der Waals surface area contributed by atoms with E-state index < -0.39 is 0 Å². The third-order valence-corrected chi connectivity index (χ3v) is 7.74. The number of fused-ring (bicyclic) bond motifs is 3. The molecule has 0 amide bonds. The molecule has 3 aromatic heterocycles. The molecule has 0 radical (unpaired) electrons. The van der Waals surface area contributed by atoms with Crippen molar-refractivity contribution in [3.63, 3.8) is 0 Å². The van der Waals surface area contributed by atoms with Crippen LogP contribution >= 0.6 is 0 Å². The maximum absolute atomic E-state index is 6.30. The number of aromatic nitrogens is 4. The molecule has 0 aliphatic carbocycles. The topological polar surface area (TPSA) is 76.1 Å². The van der Waals surface area contributed by atoms with Gasteiger partial charge >= 0.3 is 0 Å². The molecule has 7 nitrogen and oxygen atoms in total. The highest BCUT2D eigenvalue weighted by atomic mass is 15.3. The molecule has 3 aliphatic heterocycles. The summed E-state index contributed by atoms with van der Waals surface area (Å²) < 4.78 is 2.10. The van der Waals surface area contributed by atoms with E-state index in [1.807, 2.05) is 42.5 Å². The largest absolute Gasteiger partial charge is 0.383 e. The fourth-order valence-electron chi connectivity index (χ4n) is 5.88. The maximum Gasteiger partial charge on any atom is 0.165 e. The number of imidazole rings is 1. The van der Waals surface area contributed by atoms with Crippen LogP contribution in [0.3, 0.4) is 0 Å². The number of piperazine rings is 1. The van der Waals surface area contributed by atoms with E-state index in [0.29, 0.717) is 17.9 Å². The monoisotopic (exact) mass is 487 g/mol. The molecule has 3 fully saturated rings. The molecule has 2 bridgehead atoms. The van der Waals surface area contributed by atoms with Gasteiger partial charge in [0.2, 0.25) is 0 Å². The van der Waals surface area contributed by atoms with E-state index in [2.05, 4.69) is 62.8 Å². The standard InChI is InChI=1S/C30H29N7/c1-35-18-23-16-24(19-35)36(23)17-20-9-11-22(12-10-20)37-29(25-8-5-15-32-28(25)31)34-27-14-13-26(33-30(27)37)21-6-3-2-4-7-21/h2-15,23-24H,16-19H2,1H3,(H2,31,32). The molecule has 2 unspecified atom stereocenters. The number of hydrogen-bond donors (Lipinski definition) is 1. The average molecular weight is 488 g/mol. The third-order valence-electron chi connectivity index (χ3n) is 7.74. The van der Waals surface area contributed by atoms with Crippen LogP contribution in [0.15, 0.2) is 85.1 Å². The normalized spacial score (nSPS) is 19.7. The molecular formula is C30H29N7. The van der Waals surface area contributed by atoms with Gasteiger partial charge in [-0.2, -0.15) is 0 Å². The molecule has 184 valence electrons. The van der Waals surface area contributed by atoms with Crippen molar-refractivity contribution >= 4 is 17.0 Å². The summed E-state index contributed by atoms with van der Waals surface area (Å²) in [7, 11) is 2.23. The smallest absolute Gasteiger partial charge is 0.165 e. The molecule has 0 spiro atoms. The first-order chi connectivity index (χ1) is 18.1. The van der Waals surface area contributed by atoms with Crippen molar-refractivity contribution < 1.29 is 0 Å². The second kappa shape index (κ2) is 8.80. The van der Waals surface area contributed by atoms with Crippen LogP contribution in [-0.4, -0.2) is 61.5 Å². The summed E-state index contributed by atoms with van der Waals surface area (Å²) in [6, 6.07) is 28.3. The number of anilines is 1. The van der Waals surface area contributed by atoms with Gasteiger partial charge in [0.15, 0.2) is 11.5 Å². The van der Waals surface area contributed by atoms with Gasteiger partial charge in [-0.25, -0.2) is 15.0 Å². The van der Waals surface area contributed by atoms with Crippen molar-refractivity contribution in [2.24, 2.45) is 0 Å². The number of rotatable bonds is 5. The van der Waals surface area contributed by atoms with Crippen LogP contribution < -0.4 is 5.73 Å². The van der Waals surface area contributed by atoms with E-state index in [4.69, 9.17) is 15.7 Å². The molecule has 2 aromatic carbocycles. The van der Waals surface area contributed by atoms with Crippen LogP contribution in [0.25, 0.3) is 39.5 Å². The van der Waals surface area contributed by atoms with Gasteiger partial charge in [-0.1, -0.05) is 42.5 Å². The zero-order valence-corrected chi connectivity index (χ0v) is 20.8. The van der Waals surface area contributed by atoms with Gasteiger partial charge < -0.3 is 10.6 Å². The Kier molecular flexibility index (Phi) is 5.27. The van der Waals surface area contributed by atoms with E-state index in [1.54, 1.807) is 6.20 Å². The Hall–Kier alpha value is -4.07. The van der Waals surface area contributed by atoms with Gasteiger partial charge in [0.1, 0.15) is 11.3 Å². The fourth-order valence-corrected chi connectivity index (χ4v) is 5.88. The SMILES string of the molecule is CN1CC2CC(C1)N2Cc1ccc(-n2c(-c3cccnc3N)nc3ccc(-c4ccccc4)nc32)cc1. The average Bonchev–Trinajstić information content (AvgIpc) is 3.31. The predicted molar refractivity (Wildman–Crippen MR) is 147 cm³/mol. The van der Waals surface area contributed by atoms with Crippen LogP contribution in [0.5, 0.6) is 0 Å². The molecule has 2 N–H and O–H groups in total. The number of nitrogens with two attached hydrogens (primary N) is 1. The Morgan fingerprint density at radius 3 is 2.41 bits per heavy atom. The molecule has 8 rings (SSSR count). The molecule has 37 heavy (non-hydrogen) atoms. The van der Waals surface area contributed by atoms with Crippen molar-refractivity contribution in [1.82, 2.24) is 29.3 Å². The van der Waals surface area contributed by atoms with Gasteiger partial charge in [0.25, 0.3) is 0 Å². The first kappa shape index (κ1) is 22.2. The van der Waals surface area contributed by atoms with Crippen molar-refractivity contribution in [3.8, 4) is 28.3 Å². The summed E-state index contributed by atoms with van der Waals surface area (Å²) in [4.78, 5) is 19.4. The van der Waals surface area contributed by atoms with E-state index in [9.17, 15) is 0 Å². The Bertz CT molecular complexity index is 1560. The second-order valence-electron chi connectivity index (χ2n) is 10.2. The number of benzene rings is 2. The zero-order chi connectivity index (χ0) is 24.9. The lowest BCUT2D eigenvalue weighted by Crippen LogP contribution is -2.67. The molecule has 5 aromatic rings. The predicted octanol–water partition coefficient (Wildman–Crippen LogP) is 4.62. The summed E-state index contributed by atoms with van der Waals surface area (Å²) in [6.07, 6.45) is 3.03. The summed E-state index contributed by atoms with van der Waals surface area (Å²) in [5.74, 6) is 1.19. The maximum atomic E-state index is 6.30. The summed E-state index contributed by atoms with van der Waals surface area (Å²) in [5, 5.41) is 0. The highest BCUT2D eigenvalue weighted by Gasteiger charge is 2.43. The van der Waals surface area contributed by atoms with Crippen molar-refractivity contribution in [3.05, 3.63) is 90.6 Å². The highest BCUT2D eigenvalue weighted by molar-refractivity contribution is 5.84. The first-order valence-electron chi connectivity index (χ1n) is 12.8. The molecule has 2 atom stereocenters. The number of hydrogen-bond acceptors (Lipinski definition) is 6. The van der Waals surface area contributed by atoms with Crippen molar-refractivity contribution in [1.29, 1.82) is 0 Å². The second-order valence-corrected chi connectivity index (χ2v) is 10.2. The highest BCUT2D eigenvalue weighted by Crippen LogP contribution is 2.34. The van der Waals surface area contributed by atoms with Crippen molar-refractivity contribution in [2.45, 2.75) is 25.0 Å². The van der Waals surface area contributed by atoms with Crippen LogP contribution in [-0.2, 0) is 6.54 Å². The first-order valence-corrected chi connectivity index (χ1v) is 12.8. The van der Waals surface area contributed by atoms with Gasteiger partial charge in [0.05, 0.1) is 11.3 Å². The van der Waals surface area contributed by atoms with Gasteiger partial charge in [-0.05, 0) is 55.4 Å². The quantitative estimate of drug-likeness (QED) is 0.390. The van der Waals surface area contributed by atoms with Crippen molar-refractivity contribution in [2.75, 3.05) is 25.9 Å². The van der Waals surface area contributed by atoms with E-state index in [0.717, 1.165) is 46.0 Å². The Labute approximate surface area is 216 Å². The number of piperidine rings is 1. The zero-order valence-electron chi connectivity index (χ0n) is 20.8. The van der Waals surface area contributed by atoms with Gasteiger partial charge in [-0.15, -0.1) is 0 Å². The minimum Gasteiger partial charge on any atom is -0.383 e. The lowest BCUT2D eigenvalue weighted by atomic mass is 9.87. The van der Waals surface area contributed by atoms with Crippen LogP contribution in [0.1, 0.15) is 12.0 Å². The van der Waals surface area contributed by atoms with Gasteiger partial charge in [-0.3, -0.25) is 9.47 Å². The third kappa shape index (κ3) is 3.87. The Morgan fingerprint density at radius 2 is 1.65 bits per heavy atom. The number of nitrogen functional groups attached to an aromatic ring is 1. The fraction of sp³-hybridized carbons (Fsp3) is 0.233. The van der Waals surface area contributed by atoms with E-state index in [-0.39, 0.29) is 0 Å². The molecule has 0 saturated carbocycles. The number of likely N-dealkylation sites (N-methyl/N-ethyl adjacent to an activating group) is 1. The van der Waals surface area contributed by atoms with E-state index >= 15 is 0 Å². The molecule has 6 heterocycles. The minimum absolute atomic E-state index is 0.452. The van der Waals surface area contributed by atoms with Gasteiger partial charge in [0, 0.05) is 49.2 Å².